The zero-order chi connectivity index (χ0) is 29.8. The van der Waals surface area contributed by atoms with Gasteiger partial charge in [-0.15, -0.1) is 0 Å². The van der Waals surface area contributed by atoms with E-state index in [1.54, 1.807) is 30.3 Å². The SMILES string of the molecule is C=C(CC(=O)OC)C(=O)Oc1ccc(C(=O)/C=C/c2ccc(OC(=O)C(=C)CC(=O)OC3CCCCC3)cc2)cc1. The van der Waals surface area contributed by atoms with Crippen LogP contribution >= 0.6 is 0 Å². The lowest BCUT2D eigenvalue weighted by atomic mass is 9.98. The average molecular weight is 561 g/mol. The van der Waals surface area contributed by atoms with E-state index in [0.717, 1.165) is 32.1 Å². The number of hydrogen-bond donors (Lipinski definition) is 0. The standard InChI is InChI=1S/C32H32O9/c1-21(19-29(34)38-3)31(36)41-27-16-12-24(13-17-27)28(33)18-11-23-9-14-26(15-10-23)40-32(37)22(2)20-30(35)39-25-7-5-4-6-8-25/h9-18,25H,1-2,4-8,19-20H2,3H3/b18-11+. The van der Waals surface area contributed by atoms with E-state index in [0.29, 0.717) is 11.1 Å². The van der Waals surface area contributed by atoms with Gasteiger partial charge in [0.2, 0.25) is 0 Å². The molecule has 3 rings (SSSR count). The first-order chi connectivity index (χ1) is 19.6. The van der Waals surface area contributed by atoms with Crippen molar-refractivity contribution in [2.45, 2.75) is 51.0 Å². The van der Waals surface area contributed by atoms with Crippen LogP contribution in [0.3, 0.4) is 0 Å². The molecule has 41 heavy (non-hydrogen) atoms. The van der Waals surface area contributed by atoms with Crippen LogP contribution in [-0.2, 0) is 28.7 Å². The highest BCUT2D eigenvalue weighted by Crippen LogP contribution is 2.22. The van der Waals surface area contributed by atoms with Gasteiger partial charge in [0.15, 0.2) is 5.78 Å². The maximum atomic E-state index is 12.5. The molecule has 1 fully saturated rings. The second kappa shape index (κ2) is 15.1. The lowest BCUT2D eigenvalue weighted by molar-refractivity contribution is -0.150. The van der Waals surface area contributed by atoms with Crippen LogP contribution in [0.5, 0.6) is 11.5 Å². The molecule has 0 spiro atoms. The Bertz CT molecular complexity index is 1330. The number of esters is 4. The van der Waals surface area contributed by atoms with Crippen LogP contribution in [-0.4, -0.2) is 42.9 Å². The van der Waals surface area contributed by atoms with Crippen LogP contribution in [0.1, 0.15) is 60.9 Å². The van der Waals surface area contributed by atoms with Crippen LogP contribution in [0.2, 0.25) is 0 Å². The Labute approximate surface area is 238 Å². The first kappa shape index (κ1) is 30.7. The number of carbonyl (C=O) groups is 5. The van der Waals surface area contributed by atoms with Gasteiger partial charge in [-0.05, 0) is 73.7 Å². The third-order valence-corrected chi connectivity index (χ3v) is 6.24. The molecule has 0 saturated heterocycles. The number of rotatable bonds is 12. The lowest BCUT2D eigenvalue weighted by Gasteiger charge is -2.21. The molecule has 0 aromatic heterocycles. The van der Waals surface area contributed by atoms with Crippen molar-refractivity contribution in [2.75, 3.05) is 7.11 Å². The third kappa shape index (κ3) is 10.0. The Balaban J connectivity index is 1.46. The summed E-state index contributed by atoms with van der Waals surface area (Å²) in [6, 6.07) is 12.4. The Morgan fingerprint density at radius 2 is 1.27 bits per heavy atom. The molecular weight excluding hydrogens is 528 g/mol. The monoisotopic (exact) mass is 560 g/mol. The highest BCUT2D eigenvalue weighted by atomic mass is 16.6. The summed E-state index contributed by atoms with van der Waals surface area (Å²) in [7, 11) is 1.21. The van der Waals surface area contributed by atoms with Crippen molar-refractivity contribution >= 4 is 35.7 Å². The smallest absolute Gasteiger partial charge is 0.339 e. The molecule has 0 amide bonds. The fourth-order valence-electron chi connectivity index (χ4n) is 3.94. The summed E-state index contributed by atoms with van der Waals surface area (Å²) in [6.45, 7) is 7.16. The van der Waals surface area contributed by atoms with E-state index in [4.69, 9.17) is 14.2 Å². The van der Waals surface area contributed by atoms with Gasteiger partial charge in [-0.25, -0.2) is 9.59 Å². The summed E-state index contributed by atoms with van der Waals surface area (Å²) in [5.41, 5.74) is 0.996. The number of methoxy groups -OCH3 is 1. The minimum absolute atomic E-state index is 0.00675. The zero-order valence-electron chi connectivity index (χ0n) is 22.9. The van der Waals surface area contributed by atoms with Crippen molar-refractivity contribution in [1.29, 1.82) is 0 Å². The number of hydrogen-bond acceptors (Lipinski definition) is 9. The molecule has 0 unspecified atom stereocenters. The Morgan fingerprint density at radius 1 is 0.756 bits per heavy atom. The van der Waals surface area contributed by atoms with Crippen molar-refractivity contribution < 1.29 is 42.9 Å². The molecule has 0 N–H and O–H groups in total. The summed E-state index contributed by atoms with van der Waals surface area (Å²) in [6.07, 6.45) is 7.26. The van der Waals surface area contributed by atoms with E-state index in [2.05, 4.69) is 17.9 Å². The predicted octanol–water partition coefficient (Wildman–Crippen LogP) is 5.34. The van der Waals surface area contributed by atoms with Crippen molar-refractivity contribution in [1.82, 2.24) is 0 Å². The van der Waals surface area contributed by atoms with E-state index in [9.17, 15) is 24.0 Å². The number of allylic oxidation sites excluding steroid dienone is 1. The quantitative estimate of drug-likeness (QED) is 0.147. The van der Waals surface area contributed by atoms with Gasteiger partial charge in [0.1, 0.15) is 17.6 Å². The average Bonchev–Trinajstić information content (AvgIpc) is 2.97. The zero-order valence-corrected chi connectivity index (χ0v) is 22.9. The van der Waals surface area contributed by atoms with Gasteiger partial charge >= 0.3 is 23.9 Å². The molecule has 1 aliphatic rings. The molecule has 0 aliphatic heterocycles. The summed E-state index contributed by atoms with van der Waals surface area (Å²) >= 11 is 0. The predicted molar refractivity (Wildman–Crippen MR) is 150 cm³/mol. The molecule has 0 heterocycles. The molecule has 9 nitrogen and oxygen atoms in total. The molecule has 1 saturated carbocycles. The molecule has 214 valence electrons. The van der Waals surface area contributed by atoms with Gasteiger partial charge in [0, 0.05) is 16.7 Å². The topological polar surface area (TPSA) is 122 Å². The molecule has 9 heteroatoms. The van der Waals surface area contributed by atoms with Crippen LogP contribution in [0.15, 0.2) is 78.9 Å². The van der Waals surface area contributed by atoms with E-state index in [1.807, 2.05) is 0 Å². The largest absolute Gasteiger partial charge is 0.469 e. The third-order valence-electron chi connectivity index (χ3n) is 6.24. The Kier molecular flexibility index (Phi) is 11.3. The fraction of sp³-hybridized carbons (Fsp3) is 0.281. The van der Waals surface area contributed by atoms with E-state index in [1.165, 1.54) is 37.5 Å². The van der Waals surface area contributed by atoms with Gasteiger partial charge in [0.05, 0.1) is 20.0 Å². The van der Waals surface area contributed by atoms with E-state index in [-0.39, 0.29) is 47.4 Å². The normalized spacial score (nSPS) is 13.2. The van der Waals surface area contributed by atoms with Crippen molar-refractivity contribution in [3.63, 3.8) is 0 Å². The van der Waals surface area contributed by atoms with E-state index < -0.39 is 23.9 Å². The van der Waals surface area contributed by atoms with Gasteiger partial charge < -0.3 is 18.9 Å². The van der Waals surface area contributed by atoms with Gasteiger partial charge in [-0.1, -0.05) is 37.8 Å². The van der Waals surface area contributed by atoms with Crippen molar-refractivity contribution in [2.24, 2.45) is 0 Å². The summed E-state index contributed by atoms with van der Waals surface area (Å²) in [4.78, 5) is 60.3. The van der Waals surface area contributed by atoms with Crippen LogP contribution in [0.4, 0.5) is 0 Å². The van der Waals surface area contributed by atoms with Crippen LogP contribution < -0.4 is 9.47 Å². The van der Waals surface area contributed by atoms with Gasteiger partial charge in [0.25, 0.3) is 0 Å². The Morgan fingerprint density at radius 3 is 1.80 bits per heavy atom. The minimum Gasteiger partial charge on any atom is -0.469 e. The highest BCUT2D eigenvalue weighted by Gasteiger charge is 2.21. The summed E-state index contributed by atoms with van der Waals surface area (Å²) in [5, 5.41) is 0. The van der Waals surface area contributed by atoms with Crippen LogP contribution in [0, 0.1) is 0 Å². The number of ether oxygens (including phenoxy) is 4. The first-order valence-corrected chi connectivity index (χ1v) is 13.1. The molecule has 1 aliphatic carbocycles. The second-order valence-electron chi connectivity index (χ2n) is 9.46. The van der Waals surface area contributed by atoms with Gasteiger partial charge in [-0.3, -0.25) is 14.4 Å². The fourth-order valence-corrected chi connectivity index (χ4v) is 3.94. The molecule has 2 aromatic rings. The van der Waals surface area contributed by atoms with Crippen molar-refractivity contribution in [3.8, 4) is 11.5 Å². The molecular formula is C32H32O9. The maximum Gasteiger partial charge on any atom is 0.339 e. The number of ketones is 1. The second-order valence-corrected chi connectivity index (χ2v) is 9.46. The Hall–Kier alpha value is -4.79. The van der Waals surface area contributed by atoms with Crippen molar-refractivity contribution in [3.05, 3.63) is 90.0 Å². The molecule has 0 bridgehead atoms. The number of benzene rings is 2. The first-order valence-electron chi connectivity index (χ1n) is 13.1. The van der Waals surface area contributed by atoms with E-state index >= 15 is 0 Å². The highest BCUT2D eigenvalue weighted by molar-refractivity contribution is 6.07. The maximum absolute atomic E-state index is 12.5. The van der Waals surface area contributed by atoms with Gasteiger partial charge in [-0.2, -0.15) is 0 Å². The molecule has 0 atom stereocenters. The minimum atomic E-state index is -0.773. The molecule has 2 aromatic carbocycles. The van der Waals surface area contributed by atoms with Crippen LogP contribution in [0.25, 0.3) is 6.08 Å². The molecule has 0 radical (unpaired) electrons. The summed E-state index contributed by atoms with van der Waals surface area (Å²) in [5.74, 6) is -2.41. The lowest BCUT2D eigenvalue weighted by Crippen LogP contribution is -2.22. The number of carbonyl (C=O) groups excluding carboxylic acids is 5. The summed E-state index contributed by atoms with van der Waals surface area (Å²) < 4.78 is 20.4.